The van der Waals surface area contributed by atoms with E-state index in [2.05, 4.69) is 58.8 Å². The lowest BCUT2D eigenvalue weighted by Crippen LogP contribution is -2.30. The molecule has 228 valence electrons. The maximum atomic E-state index is 13.8. The second kappa shape index (κ2) is 15.3. The lowest BCUT2D eigenvalue weighted by atomic mass is 9.95. The first kappa shape index (κ1) is 30.3. The van der Waals surface area contributed by atoms with Crippen molar-refractivity contribution in [1.82, 2.24) is 15.2 Å². The Morgan fingerprint density at radius 2 is 1.33 bits per heavy atom. The van der Waals surface area contributed by atoms with Crippen LogP contribution in [0.5, 0.6) is 5.75 Å². The van der Waals surface area contributed by atoms with Gasteiger partial charge in [0.15, 0.2) is 0 Å². The zero-order valence-electron chi connectivity index (χ0n) is 25.8. The maximum Gasteiger partial charge on any atom is 0.254 e. The standard InChI is InChI=1S/C40H41N3O2/c44-40(37-21-23-39(24-22-37)45-30-33-8-3-1-4-9-33)43(29-34-10-7-25-41-26-34)28-32-15-19-36(20-16-32)35-17-13-31(14-18-35)27-42-38-11-5-2-6-12-38/h1,3-4,7-10,13-26,38,42H,2,5-6,11-12,27-30H2. The van der Waals surface area contributed by atoms with Crippen LogP contribution in [0.15, 0.2) is 128 Å². The highest BCUT2D eigenvalue weighted by Crippen LogP contribution is 2.23. The quantitative estimate of drug-likeness (QED) is 0.157. The number of hydrogen-bond donors (Lipinski definition) is 1. The summed E-state index contributed by atoms with van der Waals surface area (Å²) >= 11 is 0. The van der Waals surface area contributed by atoms with Crippen molar-refractivity contribution in [2.45, 2.75) is 64.4 Å². The molecule has 0 atom stereocenters. The van der Waals surface area contributed by atoms with Crippen LogP contribution in [-0.2, 0) is 26.2 Å². The van der Waals surface area contributed by atoms with Gasteiger partial charge in [-0.05, 0) is 76.6 Å². The number of nitrogens with one attached hydrogen (secondary N) is 1. The molecule has 1 N–H and O–H groups in total. The third kappa shape index (κ3) is 8.68. The van der Waals surface area contributed by atoms with E-state index in [0.29, 0.717) is 31.3 Å². The predicted molar refractivity (Wildman–Crippen MR) is 181 cm³/mol. The van der Waals surface area contributed by atoms with Crippen molar-refractivity contribution in [3.8, 4) is 16.9 Å². The fourth-order valence-corrected chi connectivity index (χ4v) is 5.94. The summed E-state index contributed by atoms with van der Waals surface area (Å²) in [5, 5.41) is 3.73. The van der Waals surface area contributed by atoms with Gasteiger partial charge < -0.3 is 15.0 Å². The van der Waals surface area contributed by atoms with Crippen LogP contribution in [0.3, 0.4) is 0 Å². The summed E-state index contributed by atoms with van der Waals surface area (Å²) in [6.45, 7) is 2.37. The first-order chi connectivity index (χ1) is 22.2. The van der Waals surface area contributed by atoms with Crippen LogP contribution >= 0.6 is 0 Å². The molecule has 0 aliphatic heterocycles. The largest absolute Gasteiger partial charge is 0.489 e. The molecule has 1 saturated carbocycles. The summed E-state index contributed by atoms with van der Waals surface area (Å²) in [7, 11) is 0. The van der Waals surface area contributed by atoms with E-state index < -0.39 is 0 Å². The Hall–Kier alpha value is -4.74. The van der Waals surface area contributed by atoms with E-state index in [1.807, 2.05) is 77.8 Å². The van der Waals surface area contributed by atoms with Crippen LogP contribution in [0.1, 0.15) is 64.7 Å². The van der Waals surface area contributed by atoms with Gasteiger partial charge in [0.1, 0.15) is 12.4 Å². The van der Waals surface area contributed by atoms with E-state index in [-0.39, 0.29) is 5.91 Å². The van der Waals surface area contributed by atoms with E-state index in [1.165, 1.54) is 48.8 Å². The maximum absolute atomic E-state index is 13.8. The number of ether oxygens (including phenoxy) is 1. The van der Waals surface area contributed by atoms with Gasteiger partial charge in [-0.15, -0.1) is 0 Å². The molecule has 1 aliphatic rings. The normalized spacial score (nSPS) is 13.3. The molecule has 45 heavy (non-hydrogen) atoms. The molecule has 0 radical (unpaired) electrons. The Morgan fingerprint density at radius 1 is 0.689 bits per heavy atom. The minimum atomic E-state index is -0.0324. The van der Waals surface area contributed by atoms with E-state index in [9.17, 15) is 4.79 Å². The molecule has 4 aromatic carbocycles. The molecular weight excluding hydrogens is 554 g/mol. The van der Waals surface area contributed by atoms with Gasteiger partial charge in [-0.25, -0.2) is 0 Å². The number of pyridine rings is 1. The van der Waals surface area contributed by atoms with Crippen LogP contribution in [0.2, 0.25) is 0 Å². The third-order valence-electron chi connectivity index (χ3n) is 8.55. The highest BCUT2D eigenvalue weighted by molar-refractivity contribution is 5.94. The monoisotopic (exact) mass is 595 g/mol. The molecule has 6 rings (SSSR count). The fraction of sp³-hybridized carbons (Fsp3) is 0.250. The van der Waals surface area contributed by atoms with Gasteiger partial charge in [0.05, 0.1) is 0 Å². The Kier molecular flexibility index (Phi) is 10.3. The second-order valence-electron chi connectivity index (χ2n) is 11.9. The summed E-state index contributed by atoms with van der Waals surface area (Å²) < 4.78 is 5.93. The average Bonchev–Trinajstić information content (AvgIpc) is 3.11. The topological polar surface area (TPSA) is 54.5 Å². The number of benzene rings is 4. The molecule has 5 aromatic rings. The van der Waals surface area contributed by atoms with E-state index in [4.69, 9.17) is 4.74 Å². The highest BCUT2D eigenvalue weighted by atomic mass is 16.5. The first-order valence-electron chi connectivity index (χ1n) is 16.1. The van der Waals surface area contributed by atoms with Crippen molar-refractivity contribution in [2.24, 2.45) is 0 Å². The van der Waals surface area contributed by atoms with Gasteiger partial charge in [0.2, 0.25) is 0 Å². The Balaban J connectivity index is 1.10. The van der Waals surface area contributed by atoms with E-state index in [1.54, 1.807) is 6.20 Å². The third-order valence-corrected chi connectivity index (χ3v) is 8.55. The predicted octanol–water partition coefficient (Wildman–Crippen LogP) is 8.59. The number of rotatable bonds is 12. The van der Waals surface area contributed by atoms with Gasteiger partial charge in [0.25, 0.3) is 5.91 Å². The van der Waals surface area contributed by atoms with Crippen LogP contribution in [-0.4, -0.2) is 21.8 Å². The summed E-state index contributed by atoms with van der Waals surface area (Å²) in [6, 6.07) is 39.5. The molecule has 1 amide bonds. The van der Waals surface area contributed by atoms with E-state index >= 15 is 0 Å². The summed E-state index contributed by atoms with van der Waals surface area (Å²) in [4.78, 5) is 19.9. The van der Waals surface area contributed by atoms with Gasteiger partial charge >= 0.3 is 0 Å². The number of hydrogen-bond acceptors (Lipinski definition) is 4. The van der Waals surface area contributed by atoms with Crippen LogP contribution < -0.4 is 10.1 Å². The van der Waals surface area contributed by atoms with Crippen molar-refractivity contribution >= 4 is 5.91 Å². The molecule has 0 bridgehead atoms. The second-order valence-corrected chi connectivity index (χ2v) is 11.9. The van der Waals surface area contributed by atoms with Crippen molar-refractivity contribution in [1.29, 1.82) is 0 Å². The minimum absolute atomic E-state index is 0.0324. The Morgan fingerprint density at radius 3 is 2.00 bits per heavy atom. The van der Waals surface area contributed by atoms with Crippen molar-refractivity contribution in [3.05, 3.63) is 155 Å². The molecule has 0 unspecified atom stereocenters. The van der Waals surface area contributed by atoms with Crippen LogP contribution in [0, 0.1) is 0 Å². The van der Waals surface area contributed by atoms with Crippen molar-refractivity contribution < 1.29 is 9.53 Å². The van der Waals surface area contributed by atoms with Gasteiger partial charge in [-0.2, -0.15) is 0 Å². The first-order valence-corrected chi connectivity index (χ1v) is 16.1. The molecule has 5 nitrogen and oxygen atoms in total. The fourth-order valence-electron chi connectivity index (χ4n) is 5.94. The SMILES string of the molecule is O=C(c1ccc(OCc2ccccc2)cc1)N(Cc1ccc(-c2ccc(CNC3CCCCC3)cc2)cc1)Cc1cccnc1. The molecular formula is C40H41N3O2. The van der Waals surface area contributed by atoms with Crippen LogP contribution in [0.25, 0.3) is 11.1 Å². The lowest BCUT2D eigenvalue weighted by Gasteiger charge is -2.23. The molecule has 0 spiro atoms. The smallest absolute Gasteiger partial charge is 0.254 e. The molecule has 1 fully saturated rings. The van der Waals surface area contributed by atoms with Crippen molar-refractivity contribution in [2.75, 3.05) is 0 Å². The lowest BCUT2D eigenvalue weighted by molar-refractivity contribution is 0.0730. The number of amides is 1. The highest BCUT2D eigenvalue weighted by Gasteiger charge is 2.18. The molecule has 0 saturated heterocycles. The average molecular weight is 596 g/mol. The number of carbonyl (C=O) groups is 1. The molecule has 5 heteroatoms. The Labute approximate surface area is 266 Å². The van der Waals surface area contributed by atoms with Gasteiger partial charge in [-0.1, -0.05) is 104 Å². The Bertz CT molecular complexity index is 1610. The van der Waals surface area contributed by atoms with Crippen LogP contribution in [0.4, 0.5) is 0 Å². The summed E-state index contributed by atoms with van der Waals surface area (Å²) in [5.74, 6) is 0.702. The summed E-state index contributed by atoms with van der Waals surface area (Å²) in [6.07, 6.45) is 10.2. The number of aromatic nitrogens is 1. The van der Waals surface area contributed by atoms with Gasteiger partial charge in [-0.3, -0.25) is 9.78 Å². The molecule has 1 aromatic heterocycles. The van der Waals surface area contributed by atoms with Crippen molar-refractivity contribution in [3.63, 3.8) is 0 Å². The minimum Gasteiger partial charge on any atom is -0.489 e. The van der Waals surface area contributed by atoms with Gasteiger partial charge in [0, 0.05) is 43.6 Å². The zero-order chi connectivity index (χ0) is 30.7. The number of carbonyl (C=O) groups excluding carboxylic acids is 1. The zero-order valence-corrected chi connectivity index (χ0v) is 25.8. The summed E-state index contributed by atoms with van der Waals surface area (Å²) in [5.41, 5.74) is 7.48. The van der Waals surface area contributed by atoms with E-state index in [0.717, 1.165) is 29.0 Å². The number of nitrogens with zero attached hydrogens (tertiary/aromatic N) is 2. The molecule has 1 heterocycles. The molecule has 1 aliphatic carbocycles.